The monoisotopic (exact) mass is 283 g/mol. The average molecular weight is 283 g/mol. The van der Waals surface area contributed by atoms with Gasteiger partial charge in [-0.15, -0.1) is 0 Å². The van der Waals surface area contributed by atoms with Crippen molar-refractivity contribution in [1.29, 1.82) is 0 Å². The maximum absolute atomic E-state index is 6.03. The van der Waals surface area contributed by atoms with E-state index in [1.54, 1.807) is 12.5 Å². The molecule has 0 bridgehead atoms. The summed E-state index contributed by atoms with van der Waals surface area (Å²) >= 11 is 0. The molecule has 3 aromatic heterocycles. The lowest BCUT2D eigenvalue weighted by molar-refractivity contribution is 0.956. The summed E-state index contributed by atoms with van der Waals surface area (Å²) in [5.41, 5.74) is 9.67. The molecule has 0 aromatic carbocycles. The van der Waals surface area contributed by atoms with E-state index in [0.29, 0.717) is 24.0 Å². The molecule has 7 heteroatoms. The minimum Gasteiger partial charge on any atom is -0.383 e. The molecular weight excluding hydrogens is 266 g/mol. The van der Waals surface area contributed by atoms with Crippen LogP contribution in [0.3, 0.4) is 0 Å². The van der Waals surface area contributed by atoms with Gasteiger partial charge in [0.25, 0.3) is 0 Å². The lowest BCUT2D eigenvalue weighted by Gasteiger charge is -2.09. The number of anilines is 2. The molecule has 0 aliphatic carbocycles. The number of nitrogens with zero attached hydrogens (tertiary/aromatic N) is 4. The minimum absolute atomic E-state index is 0.453. The summed E-state index contributed by atoms with van der Waals surface area (Å²) in [6.07, 6.45) is 4.27. The summed E-state index contributed by atoms with van der Waals surface area (Å²) in [6, 6.07) is 1.98. The molecule has 21 heavy (non-hydrogen) atoms. The van der Waals surface area contributed by atoms with Gasteiger partial charge >= 0.3 is 0 Å². The molecule has 3 rings (SSSR count). The van der Waals surface area contributed by atoms with Crippen LogP contribution in [0.5, 0.6) is 0 Å². The van der Waals surface area contributed by atoms with Crippen LogP contribution < -0.4 is 11.1 Å². The van der Waals surface area contributed by atoms with Gasteiger partial charge in [-0.3, -0.25) is 0 Å². The Morgan fingerprint density at radius 3 is 2.86 bits per heavy atom. The zero-order chi connectivity index (χ0) is 14.8. The largest absolute Gasteiger partial charge is 0.383 e. The van der Waals surface area contributed by atoms with Crippen molar-refractivity contribution >= 4 is 22.8 Å². The number of imidazole rings is 1. The third-order valence-electron chi connectivity index (χ3n) is 3.25. The number of hydrogen-bond acceptors (Lipinski definition) is 6. The maximum Gasteiger partial charge on any atom is 0.226 e. The number of pyridine rings is 1. The third kappa shape index (κ3) is 2.76. The van der Waals surface area contributed by atoms with Crippen LogP contribution in [0.4, 0.5) is 11.8 Å². The zero-order valence-electron chi connectivity index (χ0n) is 12.0. The summed E-state index contributed by atoms with van der Waals surface area (Å²) in [7, 11) is 0. The van der Waals surface area contributed by atoms with Crippen molar-refractivity contribution in [2.24, 2.45) is 0 Å². The Labute approximate surface area is 122 Å². The van der Waals surface area contributed by atoms with Crippen LogP contribution >= 0.6 is 0 Å². The number of nitrogen functional groups attached to an aromatic ring is 1. The molecule has 0 amide bonds. The molecule has 0 fully saturated rings. The quantitative estimate of drug-likeness (QED) is 0.671. The molecule has 0 aliphatic rings. The Kier molecular flexibility index (Phi) is 3.39. The van der Waals surface area contributed by atoms with E-state index in [-0.39, 0.29) is 0 Å². The van der Waals surface area contributed by atoms with Crippen LogP contribution in [0.1, 0.15) is 17.0 Å². The van der Waals surface area contributed by atoms with Gasteiger partial charge in [-0.2, -0.15) is 9.97 Å². The number of aromatic nitrogens is 5. The van der Waals surface area contributed by atoms with Crippen LogP contribution in [-0.4, -0.2) is 31.5 Å². The van der Waals surface area contributed by atoms with Crippen LogP contribution in [0.15, 0.2) is 18.6 Å². The van der Waals surface area contributed by atoms with Crippen molar-refractivity contribution in [3.8, 4) is 0 Å². The molecule has 3 aromatic rings. The lowest BCUT2D eigenvalue weighted by atomic mass is 10.1. The van der Waals surface area contributed by atoms with Gasteiger partial charge < -0.3 is 16.0 Å². The topological polar surface area (TPSA) is 105 Å². The van der Waals surface area contributed by atoms with Gasteiger partial charge in [0.15, 0.2) is 5.65 Å². The van der Waals surface area contributed by atoms with Crippen molar-refractivity contribution < 1.29 is 0 Å². The molecule has 0 saturated heterocycles. The van der Waals surface area contributed by atoms with Crippen molar-refractivity contribution in [1.82, 2.24) is 24.9 Å². The fourth-order valence-electron chi connectivity index (χ4n) is 2.32. The Morgan fingerprint density at radius 2 is 2.10 bits per heavy atom. The number of hydrogen-bond donors (Lipinski definition) is 3. The first-order chi connectivity index (χ1) is 10.1. The average Bonchev–Trinajstić information content (AvgIpc) is 2.90. The van der Waals surface area contributed by atoms with Gasteiger partial charge in [-0.25, -0.2) is 9.97 Å². The summed E-state index contributed by atoms with van der Waals surface area (Å²) in [6.45, 7) is 4.62. The van der Waals surface area contributed by atoms with Gasteiger partial charge in [0, 0.05) is 30.6 Å². The number of aryl methyl sites for hydroxylation is 2. The SMILES string of the molecule is Cc1cc(C)c2c(N)nc(NCCc3cnc[nH]3)nc2n1. The van der Waals surface area contributed by atoms with Crippen molar-refractivity contribution in [3.63, 3.8) is 0 Å². The van der Waals surface area contributed by atoms with Gasteiger partial charge in [-0.05, 0) is 25.5 Å². The van der Waals surface area contributed by atoms with E-state index in [9.17, 15) is 0 Å². The first-order valence-corrected chi connectivity index (χ1v) is 6.76. The highest BCUT2D eigenvalue weighted by Crippen LogP contribution is 2.22. The van der Waals surface area contributed by atoms with Gasteiger partial charge in [-0.1, -0.05) is 0 Å². The molecule has 0 atom stereocenters. The van der Waals surface area contributed by atoms with Gasteiger partial charge in [0.05, 0.1) is 11.7 Å². The van der Waals surface area contributed by atoms with Gasteiger partial charge in [0.2, 0.25) is 5.95 Å². The van der Waals surface area contributed by atoms with Gasteiger partial charge in [0.1, 0.15) is 5.82 Å². The summed E-state index contributed by atoms with van der Waals surface area (Å²) in [4.78, 5) is 20.2. The van der Waals surface area contributed by atoms with Crippen LogP contribution in [0, 0.1) is 13.8 Å². The number of H-pyrrole nitrogens is 1. The Morgan fingerprint density at radius 1 is 1.24 bits per heavy atom. The van der Waals surface area contributed by atoms with E-state index in [1.807, 2.05) is 19.9 Å². The Bertz CT molecular complexity index is 765. The molecule has 0 saturated carbocycles. The molecule has 0 aliphatic heterocycles. The zero-order valence-corrected chi connectivity index (χ0v) is 12.0. The Balaban J connectivity index is 1.83. The van der Waals surface area contributed by atoms with Crippen molar-refractivity contribution in [2.75, 3.05) is 17.6 Å². The molecule has 0 spiro atoms. The standard InChI is InChI=1S/C14H17N7/c1-8-5-9(2)19-13-11(8)12(15)20-14(21-13)17-4-3-10-6-16-7-18-10/h5-7H,3-4H2,1-2H3,(H,16,18)(H3,15,17,19,20,21). The van der Waals surface area contributed by atoms with Crippen LogP contribution in [0.25, 0.3) is 11.0 Å². The highest BCUT2D eigenvalue weighted by atomic mass is 15.1. The predicted octanol–water partition coefficient (Wildman–Crippen LogP) is 1.60. The fraction of sp³-hybridized carbons (Fsp3) is 0.286. The van der Waals surface area contributed by atoms with E-state index < -0.39 is 0 Å². The van der Waals surface area contributed by atoms with E-state index in [1.165, 1.54) is 0 Å². The normalized spacial score (nSPS) is 11.0. The van der Waals surface area contributed by atoms with Crippen LogP contribution in [-0.2, 0) is 6.42 Å². The molecule has 0 radical (unpaired) electrons. The van der Waals surface area contributed by atoms with Crippen molar-refractivity contribution in [3.05, 3.63) is 35.5 Å². The third-order valence-corrected chi connectivity index (χ3v) is 3.25. The second-order valence-electron chi connectivity index (χ2n) is 4.97. The predicted molar refractivity (Wildman–Crippen MR) is 82.0 cm³/mol. The fourth-order valence-corrected chi connectivity index (χ4v) is 2.32. The minimum atomic E-state index is 0.453. The summed E-state index contributed by atoms with van der Waals surface area (Å²) in [5.74, 6) is 0.950. The molecule has 4 N–H and O–H groups in total. The highest BCUT2D eigenvalue weighted by molar-refractivity contribution is 5.89. The number of fused-ring (bicyclic) bond motifs is 1. The molecule has 108 valence electrons. The molecule has 3 heterocycles. The van der Waals surface area contributed by atoms with E-state index >= 15 is 0 Å². The van der Waals surface area contributed by atoms with Crippen LogP contribution in [0.2, 0.25) is 0 Å². The number of rotatable bonds is 4. The van der Waals surface area contributed by atoms with E-state index in [2.05, 4.69) is 30.2 Å². The second-order valence-corrected chi connectivity index (χ2v) is 4.97. The van der Waals surface area contributed by atoms with E-state index in [4.69, 9.17) is 5.73 Å². The smallest absolute Gasteiger partial charge is 0.226 e. The molecule has 0 unspecified atom stereocenters. The number of aromatic amines is 1. The molecular formula is C14H17N7. The first-order valence-electron chi connectivity index (χ1n) is 6.76. The summed E-state index contributed by atoms with van der Waals surface area (Å²) < 4.78 is 0. The number of nitrogens with one attached hydrogen (secondary N) is 2. The second kappa shape index (κ2) is 5.35. The number of nitrogens with two attached hydrogens (primary N) is 1. The molecule has 7 nitrogen and oxygen atoms in total. The Hall–Kier alpha value is -2.70. The van der Waals surface area contributed by atoms with Crippen molar-refractivity contribution in [2.45, 2.75) is 20.3 Å². The van der Waals surface area contributed by atoms with E-state index in [0.717, 1.165) is 28.8 Å². The lowest BCUT2D eigenvalue weighted by Crippen LogP contribution is -2.10. The highest BCUT2D eigenvalue weighted by Gasteiger charge is 2.09. The summed E-state index contributed by atoms with van der Waals surface area (Å²) in [5, 5.41) is 3.98. The maximum atomic E-state index is 6.03. The first kappa shape index (κ1) is 13.3.